The number of carbonyl (C=O) groups is 1. The van der Waals surface area contributed by atoms with E-state index in [-0.39, 0.29) is 6.09 Å². The van der Waals surface area contributed by atoms with Crippen LogP contribution >= 0.6 is 11.3 Å². The van der Waals surface area contributed by atoms with Gasteiger partial charge >= 0.3 is 6.09 Å². The van der Waals surface area contributed by atoms with Gasteiger partial charge in [-0.3, -0.25) is 4.90 Å². The fourth-order valence-corrected chi connectivity index (χ4v) is 8.69. The summed E-state index contributed by atoms with van der Waals surface area (Å²) in [6.45, 7) is 14.3. The van der Waals surface area contributed by atoms with E-state index < -0.39 is 11.0 Å². The number of ether oxygens (including phenoxy) is 1. The summed E-state index contributed by atoms with van der Waals surface area (Å²) in [5, 5.41) is 15.0. The van der Waals surface area contributed by atoms with E-state index in [0.717, 1.165) is 60.8 Å². The predicted octanol–water partition coefficient (Wildman–Crippen LogP) is 4.63. The molecule has 3 aromatic heterocycles. The molecule has 6 heterocycles. The van der Waals surface area contributed by atoms with Gasteiger partial charge in [0.1, 0.15) is 28.2 Å². The van der Waals surface area contributed by atoms with Gasteiger partial charge in [0.05, 0.1) is 11.0 Å². The Morgan fingerprint density at radius 2 is 1.89 bits per heavy atom. The molecule has 0 bridgehead atoms. The third-order valence-electron chi connectivity index (χ3n) is 9.88. The molecule has 1 unspecified atom stereocenters. The van der Waals surface area contributed by atoms with Gasteiger partial charge in [0, 0.05) is 74.0 Å². The van der Waals surface area contributed by atoms with E-state index in [1.807, 2.05) is 26.8 Å². The summed E-state index contributed by atoms with van der Waals surface area (Å²) in [5.74, 6) is 1.82. The zero-order chi connectivity index (χ0) is 32.2. The topological polar surface area (TPSA) is 141 Å². The molecule has 3 saturated heterocycles. The molecule has 0 spiro atoms. The standard InChI is InChI=1S/C33H43N9O3S/c1-32(2,3)44-31(43)41-14-11-40(12-15-41)22-17-24(36-26(18-22)42-16-13-39-10-6-7-21(39)20-42)29-37-30(45-38-29)33(4)9-5-8-25-27(33)23(19-34)28(35)46-25/h17-18,21H,5-16,20,35H2,1-4H3/t21-,33?/m0/s1. The Balaban J connectivity index is 1.20. The van der Waals surface area contributed by atoms with Crippen LogP contribution in [0.5, 0.6) is 0 Å². The molecule has 0 saturated carbocycles. The Bertz CT molecular complexity index is 1660. The summed E-state index contributed by atoms with van der Waals surface area (Å²) < 4.78 is 11.6. The van der Waals surface area contributed by atoms with Crippen LogP contribution in [0, 0.1) is 11.3 Å². The highest BCUT2D eigenvalue weighted by atomic mass is 32.1. The number of aryl methyl sites for hydroxylation is 1. The molecule has 244 valence electrons. The zero-order valence-electron chi connectivity index (χ0n) is 27.2. The molecule has 46 heavy (non-hydrogen) atoms. The zero-order valence-corrected chi connectivity index (χ0v) is 28.0. The highest BCUT2D eigenvalue weighted by Crippen LogP contribution is 2.48. The van der Waals surface area contributed by atoms with Crippen LogP contribution in [0.25, 0.3) is 11.5 Å². The molecule has 12 nitrogen and oxygen atoms in total. The van der Waals surface area contributed by atoms with Crippen molar-refractivity contribution in [3.05, 3.63) is 34.0 Å². The highest BCUT2D eigenvalue weighted by molar-refractivity contribution is 7.16. The number of nitrogens with two attached hydrogens (primary N) is 1. The summed E-state index contributed by atoms with van der Waals surface area (Å²) in [6, 6.07) is 7.07. The van der Waals surface area contributed by atoms with Gasteiger partial charge in [0.25, 0.3) is 0 Å². The lowest BCUT2D eigenvalue weighted by molar-refractivity contribution is 0.0240. The normalized spacial score (nSPS) is 23.6. The second-order valence-corrected chi connectivity index (χ2v) is 15.3. The molecule has 1 aliphatic carbocycles. The maximum absolute atomic E-state index is 12.7. The van der Waals surface area contributed by atoms with Gasteiger partial charge in [-0.05, 0) is 72.4 Å². The second kappa shape index (κ2) is 11.7. The van der Waals surface area contributed by atoms with Crippen LogP contribution in [0.15, 0.2) is 16.7 Å². The van der Waals surface area contributed by atoms with E-state index in [1.165, 1.54) is 30.7 Å². The number of carbonyl (C=O) groups excluding carboxylic acids is 1. The van der Waals surface area contributed by atoms with Crippen molar-refractivity contribution in [3.63, 3.8) is 0 Å². The van der Waals surface area contributed by atoms with Crippen LogP contribution in [0.3, 0.4) is 0 Å². The van der Waals surface area contributed by atoms with Crippen LogP contribution in [0.4, 0.5) is 21.3 Å². The lowest BCUT2D eigenvalue weighted by Crippen LogP contribution is -2.51. The predicted molar refractivity (Wildman–Crippen MR) is 177 cm³/mol. The molecule has 3 aliphatic heterocycles. The molecule has 2 atom stereocenters. The molecular formula is C33H43N9O3S. The summed E-state index contributed by atoms with van der Waals surface area (Å²) in [6.07, 6.45) is 4.82. The van der Waals surface area contributed by atoms with E-state index in [9.17, 15) is 10.1 Å². The van der Waals surface area contributed by atoms with Crippen LogP contribution in [-0.4, -0.2) is 95.0 Å². The SMILES string of the molecule is CC(C)(C)OC(=O)N1CCN(c2cc(-c3noc(C4(C)CCCc5sc(N)c(C#N)c54)n3)nc(N3CCN4CCC[C@H]4C3)c2)CC1. The number of hydrogen-bond donors (Lipinski definition) is 1. The van der Waals surface area contributed by atoms with Crippen LogP contribution < -0.4 is 15.5 Å². The molecular weight excluding hydrogens is 602 g/mol. The van der Waals surface area contributed by atoms with E-state index in [2.05, 4.69) is 38.9 Å². The number of anilines is 3. The number of thiophene rings is 1. The number of hydrogen-bond acceptors (Lipinski definition) is 12. The number of aromatic nitrogens is 3. The van der Waals surface area contributed by atoms with Crippen LogP contribution in [0.1, 0.15) is 75.3 Å². The van der Waals surface area contributed by atoms with Gasteiger partial charge in [-0.25, -0.2) is 9.78 Å². The van der Waals surface area contributed by atoms with Crippen LogP contribution in [-0.2, 0) is 16.6 Å². The smallest absolute Gasteiger partial charge is 0.410 e. The quantitative estimate of drug-likeness (QED) is 0.425. The summed E-state index contributed by atoms with van der Waals surface area (Å²) >= 11 is 1.49. The Morgan fingerprint density at radius 3 is 2.65 bits per heavy atom. The average molecular weight is 646 g/mol. The largest absolute Gasteiger partial charge is 0.444 e. The van der Waals surface area contributed by atoms with E-state index >= 15 is 0 Å². The molecule has 7 rings (SSSR count). The van der Waals surface area contributed by atoms with Gasteiger partial charge in [0.2, 0.25) is 11.7 Å². The number of nitrogens with zero attached hydrogens (tertiary/aromatic N) is 8. The van der Waals surface area contributed by atoms with Crippen molar-refractivity contribution in [2.75, 3.05) is 67.9 Å². The molecule has 0 radical (unpaired) electrons. The van der Waals surface area contributed by atoms with Crippen molar-refractivity contribution in [2.24, 2.45) is 0 Å². The van der Waals surface area contributed by atoms with Crippen molar-refractivity contribution in [2.45, 2.75) is 76.9 Å². The number of nitriles is 1. The lowest BCUT2D eigenvalue weighted by Gasteiger charge is -2.39. The number of nitrogen functional groups attached to an aromatic ring is 1. The molecule has 13 heteroatoms. The number of pyridine rings is 1. The number of amides is 1. The first-order valence-electron chi connectivity index (χ1n) is 16.4. The lowest BCUT2D eigenvalue weighted by atomic mass is 9.72. The molecule has 1 amide bonds. The van der Waals surface area contributed by atoms with Gasteiger partial charge < -0.3 is 29.7 Å². The van der Waals surface area contributed by atoms with Crippen molar-refractivity contribution >= 4 is 33.9 Å². The minimum absolute atomic E-state index is 0.275. The maximum Gasteiger partial charge on any atom is 0.410 e. The van der Waals surface area contributed by atoms with Crippen molar-refractivity contribution in [1.82, 2.24) is 24.9 Å². The van der Waals surface area contributed by atoms with E-state index in [1.54, 1.807) is 4.90 Å². The minimum Gasteiger partial charge on any atom is -0.444 e. The Kier molecular flexibility index (Phi) is 7.84. The van der Waals surface area contributed by atoms with Crippen molar-refractivity contribution in [1.29, 1.82) is 5.26 Å². The van der Waals surface area contributed by atoms with Gasteiger partial charge in [0.15, 0.2) is 0 Å². The minimum atomic E-state index is -0.602. The van der Waals surface area contributed by atoms with Gasteiger partial charge in [-0.1, -0.05) is 5.16 Å². The monoisotopic (exact) mass is 645 g/mol. The highest BCUT2D eigenvalue weighted by Gasteiger charge is 2.43. The molecule has 3 fully saturated rings. The molecule has 2 N–H and O–H groups in total. The average Bonchev–Trinajstić information content (AvgIpc) is 3.79. The summed E-state index contributed by atoms with van der Waals surface area (Å²) in [7, 11) is 0. The first-order valence-corrected chi connectivity index (χ1v) is 17.2. The second-order valence-electron chi connectivity index (χ2n) is 14.2. The summed E-state index contributed by atoms with van der Waals surface area (Å²) in [5.41, 5.74) is 8.26. The number of rotatable bonds is 4. The number of fused-ring (bicyclic) bond motifs is 2. The van der Waals surface area contributed by atoms with E-state index in [0.29, 0.717) is 60.2 Å². The van der Waals surface area contributed by atoms with Gasteiger partial charge in [-0.2, -0.15) is 10.2 Å². The van der Waals surface area contributed by atoms with Crippen LogP contribution in [0.2, 0.25) is 0 Å². The summed E-state index contributed by atoms with van der Waals surface area (Å²) in [4.78, 5) is 33.0. The van der Waals surface area contributed by atoms with Crippen molar-refractivity contribution in [3.8, 4) is 17.6 Å². The maximum atomic E-state index is 12.7. The third-order valence-corrected chi connectivity index (χ3v) is 11.0. The van der Waals surface area contributed by atoms with Crippen molar-refractivity contribution < 1.29 is 14.1 Å². The fourth-order valence-electron chi connectivity index (χ4n) is 7.50. The molecule has 0 aromatic carbocycles. The molecule has 3 aromatic rings. The Labute approximate surface area is 274 Å². The molecule has 4 aliphatic rings. The Hall–Kier alpha value is -3.89. The van der Waals surface area contributed by atoms with Gasteiger partial charge in [-0.15, -0.1) is 11.3 Å². The third kappa shape index (κ3) is 5.66. The Morgan fingerprint density at radius 1 is 1.11 bits per heavy atom. The van der Waals surface area contributed by atoms with E-state index in [4.69, 9.17) is 25.0 Å². The number of piperazine rings is 2. The first kappa shape index (κ1) is 30.7. The first-order chi connectivity index (χ1) is 22.0. The fraction of sp³-hybridized carbons (Fsp3) is 0.606.